The predicted molar refractivity (Wildman–Crippen MR) is 111 cm³/mol. The van der Waals surface area contributed by atoms with Crippen LogP contribution in [-0.4, -0.2) is 26.6 Å². The van der Waals surface area contributed by atoms with Crippen molar-refractivity contribution in [3.63, 3.8) is 0 Å². The molecule has 0 aliphatic rings. The number of Topliss-reactive ketones (excluding diaryl/α,β-unsaturated/α-hetero) is 1. The van der Waals surface area contributed by atoms with Crippen molar-refractivity contribution in [2.75, 3.05) is 5.32 Å². The largest absolute Gasteiger partial charge is 0.478 e. The summed E-state index contributed by atoms with van der Waals surface area (Å²) in [6.07, 6.45) is 0. The Morgan fingerprint density at radius 3 is 2.41 bits per heavy atom. The van der Waals surface area contributed by atoms with Crippen LogP contribution in [0.15, 0.2) is 53.3 Å². The Hall–Kier alpha value is -3.45. The van der Waals surface area contributed by atoms with E-state index in [0.717, 1.165) is 0 Å². The number of carbonyl (C=O) groups excluding carboxylic acids is 1. The van der Waals surface area contributed by atoms with Gasteiger partial charge in [0.1, 0.15) is 11.4 Å². The van der Waals surface area contributed by atoms with E-state index in [-0.39, 0.29) is 27.6 Å². The topological polar surface area (TPSA) is 101 Å². The minimum atomic E-state index is -1.16. The Labute approximate surface area is 171 Å². The van der Waals surface area contributed by atoms with Gasteiger partial charge in [-0.25, -0.2) is 9.48 Å². The van der Waals surface area contributed by atoms with E-state index in [9.17, 15) is 14.4 Å². The van der Waals surface area contributed by atoms with Crippen LogP contribution in [0.5, 0.6) is 0 Å². The van der Waals surface area contributed by atoms with Crippen LogP contribution >= 0.6 is 11.6 Å². The number of hydrogen-bond acceptors (Lipinski definition) is 5. The van der Waals surface area contributed by atoms with Crippen LogP contribution in [0.25, 0.3) is 11.3 Å². The number of benzene rings is 2. The highest BCUT2D eigenvalue weighted by atomic mass is 35.5. The fourth-order valence-electron chi connectivity index (χ4n) is 2.95. The molecule has 3 rings (SSSR count). The van der Waals surface area contributed by atoms with Crippen molar-refractivity contribution in [2.24, 2.45) is 0 Å². The molecule has 0 unspecified atom stereocenters. The number of aryl methyl sites for hydroxylation is 1. The summed E-state index contributed by atoms with van der Waals surface area (Å²) in [4.78, 5) is 36.6. The molecule has 0 aliphatic carbocycles. The Kier molecular flexibility index (Phi) is 5.79. The molecule has 0 saturated carbocycles. The molecule has 2 N–H and O–H groups in total. The normalized spacial score (nSPS) is 10.6. The van der Waals surface area contributed by atoms with Gasteiger partial charge in [0.2, 0.25) is 0 Å². The molecule has 8 heteroatoms. The molecule has 2 aromatic carbocycles. The van der Waals surface area contributed by atoms with E-state index in [1.165, 1.54) is 29.8 Å². The number of halogens is 1. The van der Waals surface area contributed by atoms with Gasteiger partial charge in [0.05, 0.1) is 16.1 Å². The molecule has 0 bridgehead atoms. The summed E-state index contributed by atoms with van der Waals surface area (Å²) in [6.45, 7) is 3.45. The van der Waals surface area contributed by atoms with Gasteiger partial charge in [-0.3, -0.25) is 9.59 Å². The third-order valence-electron chi connectivity index (χ3n) is 4.32. The van der Waals surface area contributed by atoms with E-state index < -0.39 is 11.5 Å². The highest BCUT2D eigenvalue weighted by Crippen LogP contribution is 2.29. The van der Waals surface area contributed by atoms with Crippen molar-refractivity contribution in [3.8, 4) is 11.3 Å². The standard InChI is InChI=1S/C21H18ClN3O4/c1-3-25-20(27)19(23-14-9-10-15(21(28)29)16(22)11-14)17(12(2)26)18(24-25)13-7-5-4-6-8-13/h4-11,23H,3H2,1-2H3,(H,28,29). The Bertz CT molecular complexity index is 1160. The lowest BCUT2D eigenvalue weighted by Gasteiger charge is -2.16. The van der Waals surface area contributed by atoms with Crippen LogP contribution in [0.2, 0.25) is 5.02 Å². The molecule has 0 spiro atoms. The lowest BCUT2D eigenvalue weighted by Crippen LogP contribution is -2.28. The molecular weight excluding hydrogens is 394 g/mol. The van der Waals surface area contributed by atoms with Crippen molar-refractivity contribution in [1.29, 1.82) is 0 Å². The van der Waals surface area contributed by atoms with Crippen LogP contribution in [0.3, 0.4) is 0 Å². The number of carboxylic acids is 1. The first-order valence-corrected chi connectivity index (χ1v) is 9.22. The number of ketones is 1. The third kappa shape index (κ3) is 4.05. The summed E-state index contributed by atoms with van der Waals surface area (Å²) >= 11 is 6.04. The van der Waals surface area contributed by atoms with E-state index in [1.54, 1.807) is 6.92 Å². The number of carbonyl (C=O) groups is 2. The first-order valence-electron chi connectivity index (χ1n) is 8.84. The molecule has 29 heavy (non-hydrogen) atoms. The summed E-state index contributed by atoms with van der Waals surface area (Å²) in [6, 6.07) is 13.3. The quantitative estimate of drug-likeness (QED) is 0.588. The first-order chi connectivity index (χ1) is 13.8. The van der Waals surface area contributed by atoms with Gasteiger partial charge in [-0.05, 0) is 32.0 Å². The predicted octanol–water partition coefficient (Wildman–Crippen LogP) is 4.23. The number of anilines is 2. The lowest BCUT2D eigenvalue weighted by atomic mass is 10.0. The molecule has 0 saturated heterocycles. The first kappa shape index (κ1) is 20.3. The van der Waals surface area contributed by atoms with Crippen molar-refractivity contribution in [2.45, 2.75) is 20.4 Å². The van der Waals surface area contributed by atoms with Crippen LogP contribution in [0, 0.1) is 0 Å². The second-order valence-electron chi connectivity index (χ2n) is 6.27. The number of nitrogens with one attached hydrogen (secondary N) is 1. The lowest BCUT2D eigenvalue weighted by molar-refractivity contribution is 0.0697. The zero-order chi connectivity index (χ0) is 21.1. The van der Waals surface area contributed by atoms with E-state index >= 15 is 0 Å². The minimum Gasteiger partial charge on any atom is -0.478 e. The molecule has 7 nitrogen and oxygen atoms in total. The fourth-order valence-corrected chi connectivity index (χ4v) is 3.21. The van der Waals surface area contributed by atoms with Crippen LogP contribution < -0.4 is 10.9 Å². The SMILES string of the molecule is CCn1nc(-c2ccccc2)c(C(C)=O)c(Nc2ccc(C(=O)O)c(Cl)c2)c1=O. The maximum atomic E-state index is 12.9. The smallest absolute Gasteiger partial charge is 0.337 e. The van der Waals surface area contributed by atoms with Crippen molar-refractivity contribution in [1.82, 2.24) is 9.78 Å². The third-order valence-corrected chi connectivity index (χ3v) is 4.64. The summed E-state index contributed by atoms with van der Waals surface area (Å²) in [5.74, 6) is -1.48. The van der Waals surface area contributed by atoms with Gasteiger partial charge in [-0.1, -0.05) is 41.9 Å². The van der Waals surface area contributed by atoms with Crippen molar-refractivity contribution in [3.05, 3.63) is 75.0 Å². The maximum absolute atomic E-state index is 12.9. The van der Waals surface area contributed by atoms with E-state index in [0.29, 0.717) is 23.5 Å². The summed E-state index contributed by atoms with van der Waals surface area (Å²) in [5.41, 5.74) is 1.16. The van der Waals surface area contributed by atoms with E-state index in [1.807, 2.05) is 30.3 Å². The number of hydrogen-bond donors (Lipinski definition) is 2. The Balaban J connectivity index is 2.22. The average Bonchev–Trinajstić information content (AvgIpc) is 2.69. The van der Waals surface area contributed by atoms with Gasteiger partial charge in [-0.2, -0.15) is 5.10 Å². The fraction of sp³-hybridized carbons (Fsp3) is 0.143. The molecule has 0 atom stereocenters. The summed E-state index contributed by atoms with van der Waals surface area (Å²) in [5, 5.41) is 16.5. The molecule has 148 valence electrons. The molecule has 0 aliphatic heterocycles. The highest BCUT2D eigenvalue weighted by Gasteiger charge is 2.22. The van der Waals surface area contributed by atoms with Gasteiger partial charge in [0.25, 0.3) is 5.56 Å². The second-order valence-corrected chi connectivity index (χ2v) is 6.67. The Morgan fingerprint density at radius 2 is 1.86 bits per heavy atom. The molecule has 1 aromatic heterocycles. The minimum absolute atomic E-state index is 0.0139. The average molecular weight is 412 g/mol. The molecular formula is C21H18ClN3O4. The van der Waals surface area contributed by atoms with Crippen molar-refractivity contribution >= 4 is 34.7 Å². The summed E-state index contributed by atoms with van der Waals surface area (Å²) in [7, 11) is 0. The second kappa shape index (κ2) is 8.28. The number of aromatic nitrogens is 2. The zero-order valence-electron chi connectivity index (χ0n) is 15.8. The van der Waals surface area contributed by atoms with Gasteiger partial charge in [0, 0.05) is 17.8 Å². The van der Waals surface area contributed by atoms with Gasteiger partial charge in [-0.15, -0.1) is 0 Å². The van der Waals surface area contributed by atoms with E-state index in [4.69, 9.17) is 16.7 Å². The van der Waals surface area contributed by atoms with Gasteiger partial charge < -0.3 is 10.4 Å². The maximum Gasteiger partial charge on any atom is 0.337 e. The van der Waals surface area contributed by atoms with Crippen molar-refractivity contribution < 1.29 is 14.7 Å². The summed E-state index contributed by atoms with van der Waals surface area (Å²) < 4.78 is 1.27. The van der Waals surface area contributed by atoms with Gasteiger partial charge in [0.15, 0.2) is 5.78 Å². The highest BCUT2D eigenvalue weighted by molar-refractivity contribution is 6.33. The monoisotopic (exact) mass is 411 g/mol. The number of nitrogens with zero attached hydrogens (tertiary/aromatic N) is 2. The van der Waals surface area contributed by atoms with Gasteiger partial charge >= 0.3 is 5.97 Å². The molecule has 0 amide bonds. The van der Waals surface area contributed by atoms with Crippen LogP contribution in [-0.2, 0) is 6.54 Å². The molecule has 0 radical (unpaired) electrons. The zero-order valence-corrected chi connectivity index (χ0v) is 16.5. The number of aromatic carboxylic acids is 1. The van der Waals surface area contributed by atoms with Crippen LogP contribution in [0.4, 0.5) is 11.4 Å². The molecule has 3 aromatic rings. The number of carboxylic acid groups (broad SMARTS) is 1. The van der Waals surface area contributed by atoms with Crippen LogP contribution in [0.1, 0.15) is 34.6 Å². The number of rotatable bonds is 6. The molecule has 0 fully saturated rings. The Morgan fingerprint density at radius 1 is 1.17 bits per heavy atom. The van der Waals surface area contributed by atoms with E-state index in [2.05, 4.69) is 10.4 Å². The molecule has 1 heterocycles.